The van der Waals surface area contributed by atoms with Crippen LogP contribution in [0.5, 0.6) is 0 Å². The number of carbonyl (C=O) groups excluding carboxylic acids is 1. The van der Waals surface area contributed by atoms with Gasteiger partial charge in [-0.15, -0.1) is 0 Å². The molecule has 0 N–H and O–H groups in total. The third kappa shape index (κ3) is 2.69. The van der Waals surface area contributed by atoms with E-state index in [1.54, 1.807) is 0 Å². The van der Waals surface area contributed by atoms with E-state index in [9.17, 15) is 4.79 Å². The fraction of sp³-hybridized carbons (Fsp3) is 0.737. The number of piperidine rings is 1. The summed E-state index contributed by atoms with van der Waals surface area (Å²) >= 11 is 0. The minimum Gasteiger partial charge on any atom is -0.333 e. The predicted molar refractivity (Wildman–Crippen MR) is 89.0 cm³/mol. The second kappa shape index (κ2) is 5.62. The summed E-state index contributed by atoms with van der Waals surface area (Å²) in [4.78, 5) is 14.7. The van der Waals surface area contributed by atoms with Crippen LogP contribution in [-0.4, -0.2) is 22.9 Å². The number of nitrogens with zero attached hydrogens (tertiary/aromatic N) is 1. The van der Waals surface area contributed by atoms with Gasteiger partial charge >= 0.3 is 0 Å². The van der Waals surface area contributed by atoms with E-state index in [0.29, 0.717) is 5.91 Å². The summed E-state index contributed by atoms with van der Waals surface area (Å²) in [6.07, 6.45) is 8.97. The average molecular weight is 289 g/mol. The van der Waals surface area contributed by atoms with E-state index in [4.69, 9.17) is 0 Å². The van der Waals surface area contributed by atoms with Crippen LogP contribution in [0.3, 0.4) is 0 Å². The topological polar surface area (TPSA) is 20.3 Å². The summed E-state index contributed by atoms with van der Waals surface area (Å²) in [5.41, 5.74) is 2.94. The van der Waals surface area contributed by atoms with Crippen LogP contribution in [0.1, 0.15) is 67.2 Å². The van der Waals surface area contributed by atoms with Crippen LogP contribution >= 0.6 is 0 Å². The first-order valence-corrected chi connectivity index (χ1v) is 8.30. The minimum absolute atomic E-state index is 0.0471. The molecule has 2 aliphatic rings. The number of likely N-dealkylation sites (tertiary alicyclic amines) is 1. The first kappa shape index (κ1) is 16.3. The number of rotatable bonds is 5. The van der Waals surface area contributed by atoms with Crippen molar-refractivity contribution < 1.29 is 4.79 Å². The molecule has 1 heterocycles. The van der Waals surface area contributed by atoms with E-state index >= 15 is 0 Å². The highest BCUT2D eigenvalue weighted by Gasteiger charge is 2.64. The standard InChI is InChI=1S/C19H31NO/c1-14(2)8-7-9-15(3)11-13-20-17(21)16-10-12-19(20,6)18(16,4)5/h8,11,16H,7,9-10,12-13H2,1-6H3/b15-11+. The Morgan fingerprint density at radius 2 is 1.90 bits per heavy atom. The normalized spacial score (nSPS) is 31.0. The summed E-state index contributed by atoms with van der Waals surface area (Å²) in [6, 6.07) is 0. The molecule has 0 radical (unpaired) electrons. The Labute approximate surface area is 130 Å². The van der Waals surface area contributed by atoms with Gasteiger partial charge in [-0.25, -0.2) is 0 Å². The van der Waals surface area contributed by atoms with Gasteiger partial charge in [0.15, 0.2) is 0 Å². The molecule has 0 aromatic rings. The summed E-state index contributed by atoms with van der Waals surface area (Å²) in [6.45, 7) is 14.1. The molecule has 0 aromatic carbocycles. The van der Waals surface area contributed by atoms with Crippen LogP contribution in [0.15, 0.2) is 23.3 Å². The minimum atomic E-state index is 0.0471. The Bertz CT molecular complexity index is 482. The van der Waals surface area contributed by atoms with Crippen molar-refractivity contribution in [2.24, 2.45) is 11.3 Å². The molecule has 1 aliphatic carbocycles. The summed E-state index contributed by atoms with van der Waals surface area (Å²) in [5.74, 6) is 0.615. The maximum Gasteiger partial charge on any atom is 0.227 e. The molecule has 2 heteroatoms. The zero-order valence-corrected chi connectivity index (χ0v) is 14.6. The molecule has 1 saturated carbocycles. The molecule has 0 spiro atoms. The lowest BCUT2D eigenvalue weighted by atomic mass is 9.75. The van der Waals surface area contributed by atoms with Crippen molar-refractivity contribution in [3.8, 4) is 0 Å². The van der Waals surface area contributed by atoms with Crippen LogP contribution in [0.25, 0.3) is 0 Å². The van der Waals surface area contributed by atoms with Crippen molar-refractivity contribution in [2.45, 2.75) is 72.8 Å². The largest absolute Gasteiger partial charge is 0.333 e. The van der Waals surface area contributed by atoms with E-state index in [0.717, 1.165) is 32.2 Å². The Hall–Kier alpha value is -1.05. The Morgan fingerprint density at radius 1 is 1.24 bits per heavy atom. The van der Waals surface area contributed by atoms with Gasteiger partial charge < -0.3 is 4.90 Å². The van der Waals surface area contributed by atoms with E-state index < -0.39 is 0 Å². The van der Waals surface area contributed by atoms with Crippen molar-refractivity contribution in [3.63, 3.8) is 0 Å². The smallest absolute Gasteiger partial charge is 0.227 e. The molecule has 2 unspecified atom stereocenters. The van der Waals surface area contributed by atoms with E-state index in [1.807, 2.05) is 0 Å². The molecule has 21 heavy (non-hydrogen) atoms. The number of hydrogen-bond acceptors (Lipinski definition) is 1. The van der Waals surface area contributed by atoms with Crippen LogP contribution in [0, 0.1) is 11.3 Å². The molecular weight excluding hydrogens is 258 g/mol. The quantitative estimate of drug-likeness (QED) is 0.671. The lowest BCUT2D eigenvalue weighted by Crippen LogP contribution is -2.49. The van der Waals surface area contributed by atoms with Gasteiger partial charge in [0.2, 0.25) is 5.91 Å². The Kier molecular flexibility index (Phi) is 4.37. The number of carbonyl (C=O) groups is 1. The molecule has 1 saturated heterocycles. The van der Waals surface area contributed by atoms with Gasteiger partial charge in [0.05, 0.1) is 0 Å². The fourth-order valence-corrected chi connectivity index (χ4v) is 4.06. The van der Waals surface area contributed by atoms with Crippen LogP contribution in [0.2, 0.25) is 0 Å². The summed E-state index contributed by atoms with van der Waals surface area (Å²) < 4.78 is 0. The third-order valence-corrected chi connectivity index (χ3v) is 6.05. The van der Waals surface area contributed by atoms with E-state index in [-0.39, 0.29) is 16.9 Å². The van der Waals surface area contributed by atoms with Crippen LogP contribution in [-0.2, 0) is 4.79 Å². The summed E-state index contributed by atoms with van der Waals surface area (Å²) in [5, 5.41) is 0. The monoisotopic (exact) mass is 289 g/mol. The molecule has 118 valence electrons. The van der Waals surface area contributed by atoms with E-state index in [1.165, 1.54) is 11.1 Å². The lowest BCUT2D eigenvalue weighted by molar-refractivity contribution is -0.135. The van der Waals surface area contributed by atoms with Crippen molar-refractivity contribution in [1.82, 2.24) is 4.90 Å². The number of allylic oxidation sites excluding steroid dienone is 3. The van der Waals surface area contributed by atoms with Crippen LogP contribution in [0.4, 0.5) is 0 Å². The first-order valence-electron chi connectivity index (χ1n) is 8.30. The van der Waals surface area contributed by atoms with Gasteiger partial charge in [0.1, 0.15) is 0 Å². The second-order valence-corrected chi connectivity index (χ2v) is 7.91. The highest BCUT2D eigenvalue weighted by molar-refractivity contribution is 5.85. The molecule has 2 rings (SSSR count). The van der Waals surface area contributed by atoms with Gasteiger partial charge in [-0.2, -0.15) is 0 Å². The molecule has 1 amide bonds. The zero-order valence-electron chi connectivity index (χ0n) is 14.6. The van der Waals surface area contributed by atoms with Gasteiger partial charge in [0, 0.05) is 18.0 Å². The van der Waals surface area contributed by atoms with Gasteiger partial charge in [0.25, 0.3) is 0 Å². The maximum atomic E-state index is 12.6. The van der Waals surface area contributed by atoms with Crippen molar-refractivity contribution in [2.75, 3.05) is 6.54 Å². The molecule has 2 nitrogen and oxygen atoms in total. The number of amides is 1. The van der Waals surface area contributed by atoms with Crippen molar-refractivity contribution in [3.05, 3.63) is 23.3 Å². The SMILES string of the molecule is CC(C)=CCC/C(C)=C/CN1C(=O)C2CCC1(C)C2(C)C. The fourth-order valence-electron chi connectivity index (χ4n) is 4.06. The lowest BCUT2D eigenvalue weighted by Gasteiger charge is -2.41. The second-order valence-electron chi connectivity index (χ2n) is 7.91. The highest BCUT2D eigenvalue weighted by atomic mass is 16.2. The number of fused-ring (bicyclic) bond motifs is 2. The molecule has 2 bridgehead atoms. The Balaban J connectivity index is 2.01. The zero-order chi connectivity index (χ0) is 15.8. The highest BCUT2D eigenvalue weighted by Crippen LogP contribution is 2.59. The molecule has 1 aliphatic heterocycles. The van der Waals surface area contributed by atoms with Crippen molar-refractivity contribution in [1.29, 1.82) is 0 Å². The van der Waals surface area contributed by atoms with Crippen molar-refractivity contribution >= 4 is 5.91 Å². The predicted octanol–water partition coefficient (Wildman–Crippen LogP) is 4.72. The molecule has 0 aromatic heterocycles. The number of hydrogen-bond donors (Lipinski definition) is 0. The first-order chi connectivity index (χ1) is 9.70. The van der Waals surface area contributed by atoms with Gasteiger partial charge in [-0.1, -0.05) is 37.1 Å². The Morgan fingerprint density at radius 3 is 2.43 bits per heavy atom. The molecular formula is C19H31NO. The van der Waals surface area contributed by atoms with Gasteiger partial charge in [-0.3, -0.25) is 4.79 Å². The summed E-state index contributed by atoms with van der Waals surface area (Å²) in [7, 11) is 0. The third-order valence-electron chi connectivity index (χ3n) is 6.05. The maximum absolute atomic E-state index is 12.6. The average Bonchev–Trinajstić information content (AvgIpc) is 2.67. The molecule has 2 atom stereocenters. The van der Waals surface area contributed by atoms with Gasteiger partial charge in [-0.05, 0) is 58.8 Å². The van der Waals surface area contributed by atoms with Crippen LogP contribution < -0.4 is 0 Å². The van der Waals surface area contributed by atoms with E-state index in [2.05, 4.69) is 58.6 Å². The molecule has 2 fully saturated rings.